The predicted octanol–water partition coefficient (Wildman–Crippen LogP) is 1.63. The molecule has 0 unspecified atom stereocenters. The number of hydrogen-bond acceptors (Lipinski definition) is 4. The second kappa shape index (κ2) is 10.1. The average Bonchev–Trinajstić information content (AvgIpc) is 3.52. The van der Waals surface area contributed by atoms with Crippen LogP contribution in [0.1, 0.15) is 44.1 Å². The van der Waals surface area contributed by atoms with Crippen molar-refractivity contribution in [1.29, 1.82) is 0 Å². The van der Waals surface area contributed by atoms with Gasteiger partial charge in [0.2, 0.25) is 11.8 Å². The molecule has 0 spiro atoms. The topological polar surface area (TPSA) is 99.6 Å². The van der Waals surface area contributed by atoms with E-state index in [0.29, 0.717) is 12.5 Å². The van der Waals surface area contributed by atoms with Gasteiger partial charge < -0.3 is 15.3 Å². The number of pyridine rings is 1. The summed E-state index contributed by atoms with van der Waals surface area (Å²) in [4.78, 5) is 41.8. The van der Waals surface area contributed by atoms with E-state index in [0.717, 1.165) is 44.1 Å². The van der Waals surface area contributed by atoms with Crippen LogP contribution in [-0.4, -0.2) is 51.9 Å². The lowest BCUT2D eigenvalue weighted by Crippen LogP contribution is -2.48. The molecular formula is C22H27N3O4. The molecule has 1 aromatic rings. The molecule has 154 valence electrons. The van der Waals surface area contributed by atoms with E-state index in [2.05, 4.69) is 22.1 Å². The summed E-state index contributed by atoms with van der Waals surface area (Å²) in [5, 5.41) is 11.7. The Labute approximate surface area is 170 Å². The fourth-order valence-corrected chi connectivity index (χ4v) is 3.51. The summed E-state index contributed by atoms with van der Waals surface area (Å²) in [5.74, 6) is 4.75. The van der Waals surface area contributed by atoms with E-state index in [1.165, 1.54) is 0 Å². The Morgan fingerprint density at radius 1 is 1.28 bits per heavy atom. The molecule has 0 radical (unpaired) electrons. The zero-order chi connectivity index (χ0) is 20.6. The molecule has 1 saturated heterocycles. The van der Waals surface area contributed by atoms with E-state index >= 15 is 0 Å². The minimum atomic E-state index is -1.01. The van der Waals surface area contributed by atoms with Gasteiger partial charge >= 0.3 is 5.97 Å². The van der Waals surface area contributed by atoms with E-state index in [9.17, 15) is 14.4 Å². The van der Waals surface area contributed by atoms with Crippen molar-refractivity contribution in [2.24, 2.45) is 11.8 Å². The van der Waals surface area contributed by atoms with Crippen LogP contribution in [-0.2, 0) is 20.8 Å². The molecule has 2 amide bonds. The first-order valence-electron chi connectivity index (χ1n) is 10.2. The van der Waals surface area contributed by atoms with Crippen LogP contribution in [0.2, 0.25) is 0 Å². The summed E-state index contributed by atoms with van der Waals surface area (Å²) >= 11 is 0. The van der Waals surface area contributed by atoms with Crippen molar-refractivity contribution in [3.8, 4) is 11.8 Å². The molecule has 1 aliphatic heterocycles. The molecule has 7 nitrogen and oxygen atoms in total. The molecule has 1 aromatic heterocycles. The smallest absolute Gasteiger partial charge is 0.306 e. The van der Waals surface area contributed by atoms with Crippen molar-refractivity contribution in [3.05, 3.63) is 30.1 Å². The summed E-state index contributed by atoms with van der Waals surface area (Å²) in [7, 11) is 0. The number of rotatable bonds is 8. The number of likely N-dealkylation sites (tertiary alicyclic amines) is 1. The van der Waals surface area contributed by atoms with Gasteiger partial charge in [-0.1, -0.05) is 11.8 Å². The number of carboxylic acids is 1. The number of hydrogen-bond donors (Lipinski definition) is 2. The van der Waals surface area contributed by atoms with E-state index in [-0.39, 0.29) is 30.7 Å². The van der Waals surface area contributed by atoms with Gasteiger partial charge in [0.05, 0.1) is 13.0 Å². The standard InChI is InChI=1S/C22H27N3O4/c26-20(24-19(14-21(27)28)8-6-16-3-4-16)15-25-13-1-2-18(22(25)29)7-5-17-9-11-23-12-10-17/h9-12,16,18-19H,1-5,7,13-15H2,(H,24,26)(H,27,28)/t18-,19-/m0/s1. The number of carboxylic acid groups (broad SMARTS) is 1. The normalized spacial score (nSPS) is 19.8. The van der Waals surface area contributed by atoms with Gasteiger partial charge in [0.15, 0.2) is 0 Å². The van der Waals surface area contributed by atoms with Crippen molar-refractivity contribution in [3.63, 3.8) is 0 Å². The van der Waals surface area contributed by atoms with Gasteiger partial charge in [-0.15, -0.1) is 0 Å². The average molecular weight is 397 g/mol. The third-order valence-corrected chi connectivity index (χ3v) is 5.26. The monoisotopic (exact) mass is 397 g/mol. The molecule has 2 heterocycles. The van der Waals surface area contributed by atoms with Crippen LogP contribution >= 0.6 is 0 Å². The van der Waals surface area contributed by atoms with Crippen LogP contribution in [0.5, 0.6) is 0 Å². The second-order valence-electron chi connectivity index (χ2n) is 7.77. The van der Waals surface area contributed by atoms with Gasteiger partial charge in [0, 0.05) is 30.8 Å². The number of nitrogens with one attached hydrogen (secondary N) is 1. The molecule has 7 heteroatoms. The number of carbonyl (C=O) groups is 3. The number of piperidine rings is 1. The van der Waals surface area contributed by atoms with Crippen molar-refractivity contribution in [2.45, 2.75) is 51.0 Å². The van der Waals surface area contributed by atoms with Gasteiger partial charge in [-0.3, -0.25) is 19.4 Å². The van der Waals surface area contributed by atoms with Gasteiger partial charge in [-0.25, -0.2) is 0 Å². The number of aliphatic carboxylic acids is 1. The number of aromatic nitrogens is 1. The maximum absolute atomic E-state index is 12.8. The minimum absolute atomic E-state index is 0.000643. The lowest BCUT2D eigenvalue weighted by atomic mass is 9.91. The molecule has 2 fully saturated rings. The largest absolute Gasteiger partial charge is 0.481 e. The summed E-state index contributed by atoms with van der Waals surface area (Å²) in [5.41, 5.74) is 1.15. The Hall–Kier alpha value is -2.88. The molecule has 2 atom stereocenters. The maximum Gasteiger partial charge on any atom is 0.306 e. The van der Waals surface area contributed by atoms with Crippen LogP contribution in [0.25, 0.3) is 0 Å². The molecule has 1 aliphatic carbocycles. The zero-order valence-electron chi connectivity index (χ0n) is 16.5. The molecule has 0 bridgehead atoms. The van der Waals surface area contributed by atoms with Crippen molar-refractivity contribution in [1.82, 2.24) is 15.2 Å². The van der Waals surface area contributed by atoms with E-state index < -0.39 is 12.0 Å². The highest BCUT2D eigenvalue weighted by molar-refractivity contribution is 5.87. The molecule has 3 rings (SSSR count). The number of amides is 2. The quantitative estimate of drug-likeness (QED) is 0.650. The molecule has 2 aliphatic rings. The van der Waals surface area contributed by atoms with Crippen LogP contribution in [0.4, 0.5) is 0 Å². The van der Waals surface area contributed by atoms with Gasteiger partial charge in [0.1, 0.15) is 6.04 Å². The predicted molar refractivity (Wildman–Crippen MR) is 107 cm³/mol. The first-order valence-corrected chi connectivity index (χ1v) is 10.2. The van der Waals surface area contributed by atoms with Gasteiger partial charge in [0.25, 0.3) is 0 Å². The van der Waals surface area contributed by atoms with E-state index in [4.69, 9.17) is 5.11 Å². The van der Waals surface area contributed by atoms with Crippen molar-refractivity contribution < 1.29 is 19.5 Å². The Balaban J connectivity index is 1.51. The first kappa shape index (κ1) is 20.8. The first-order chi connectivity index (χ1) is 14.0. The summed E-state index contributed by atoms with van der Waals surface area (Å²) in [6.45, 7) is 0.501. The lowest BCUT2D eigenvalue weighted by molar-refractivity contribution is -0.142. The highest BCUT2D eigenvalue weighted by Crippen LogP contribution is 2.27. The molecule has 1 saturated carbocycles. The number of nitrogens with zero attached hydrogens (tertiary/aromatic N) is 2. The Morgan fingerprint density at radius 3 is 2.72 bits per heavy atom. The molecule has 2 N–H and O–H groups in total. The van der Waals surface area contributed by atoms with E-state index in [1.54, 1.807) is 17.3 Å². The third-order valence-electron chi connectivity index (χ3n) is 5.26. The van der Waals surface area contributed by atoms with Crippen molar-refractivity contribution >= 4 is 17.8 Å². The maximum atomic E-state index is 12.8. The molecular weight excluding hydrogens is 370 g/mol. The van der Waals surface area contributed by atoms with Crippen LogP contribution in [0, 0.1) is 23.7 Å². The minimum Gasteiger partial charge on any atom is -0.481 e. The Bertz CT molecular complexity index is 795. The second-order valence-corrected chi connectivity index (χ2v) is 7.77. The Morgan fingerprint density at radius 2 is 2.03 bits per heavy atom. The summed E-state index contributed by atoms with van der Waals surface area (Å²) < 4.78 is 0. The van der Waals surface area contributed by atoms with E-state index in [1.807, 2.05) is 12.1 Å². The lowest BCUT2D eigenvalue weighted by Gasteiger charge is -2.32. The van der Waals surface area contributed by atoms with Gasteiger partial charge in [-0.2, -0.15) is 0 Å². The third kappa shape index (κ3) is 6.90. The van der Waals surface area contributed by atoms with Crippen LogP contribution in [0.3, 0.4) is 0 Å². The summed E-state index contributed by atoms with van der Waals surface area (Å²) in [6.07, 6.45) is 8.55. The highest BCUT2D eigenvalue weighted by atomic mass is 16.4. The van der Waals surface area contributed by atoms with Crippen LogP contribution in [0.15, 0.2) is 24.5 Å². The number of aryl methyl sites for hydroxylation is 1. The fourth-order valence-electron chi connectivity index (χ4n) is 3.51. The fraction of sp³-hybridized carbons (Fsp3) is 0.545. The Kier molecular flexibility index (Phi) is 7.23. The number of carbonyl (C=O) groups excluding carboxylic acids is 2. The van der Waals surface area contributed by atoms with Crippen molar-refractivity contribution in [2.75, 3.05) is 13.1 Å². The van der Waals surface area contributed by atoms with Gasteiger partial charge in [-0.05, 0) is 56.2 Å². The molecule has 0 aromatic carbocycles. The summed E-state index contributed by atoms with van der Waals surface area (Å²) in [6, 6.07) is 3.18. The SMILES string of the molecule is O=C(O)C[C@H](C#CC1CC1)NC(=O)CN1CCC[C@@H](CCc2ccncc2)C1=O. The zero-order valence-corrected chi connectivity index (χ0v) is 16.5. The van der Waals surface area contributed by atoms with Crippen LogP contribution < -0.4 is 5.32 Å². The molecule has 29 heavy (non-hydrogen) atoms. The highest BCUT2D eigenvalue weighted by Gasteiger charge is 2.30.